The van der Waals surface area contributed by atoms with E-state index in [1.807, 2.05) is 39.8 Å². The third kappa shape index (κ3) is 10.2. The van der Waals surface area contributed by atoms with Gasteiger partial charge in [0, 0.05) is 51.1 Å². The van der Waals surface area contributed by atoms with Gasteiger partial charge in [-0.05, 0) is 86.5 Å². The Balaban J connectivity index is 1.73. The molecule has 306 valence electrons. The summed E-state index contributed by atoms with van der Waals surface area (Å²) < 4.78 is 31.6. The molecule has 13 nitrogen and oxygen atoms in total. The standard InChI is InChI=1S/C42H63N3O10/c1-7-22-52-42-35(45(6)40(49)51-27-41(3,4)5)26-33(44-55-36-17-11-14-23-50-36)31-24-28(15-9-12-20-46)30(16-10-13-21-47)37(38(31)42)32-25-29(18-19-34(32)54-42)53-39(48)43-8-2/h7,18-19,24-25,28,30,35-38,46-47H,1,8-17,20-23,26-27H2,2-6H3,(H,43,48)/t28-,30+,35-,36?,37+,38+,42+/m0/s1. The van der Waals surface area contributed by atoms with Crippen LogP contribution in [0.4, 0.5) is 9.59 Å². The maximum absolute atomic E-state index is 14.0. The van der Waals surface area contributed by atoms with Crippen molar-refractivity contribution in [1.29, 1.82) is 0 Å². The van der Waals surface area contributed by atoms with Gasteiger partial charge in [-0.2, -0.15) is 0 Å². The molecule has 1 aromatic carbocycles. The van der Waals surface area contributed by atoms with Crippen LogP contribution in [0.3, 0.4) is 0 Å². The molecule has 0 radical (unpaired) electrons. The van der Waals surface area contributed by atoms with E-state index in [1.165, 1.54) is 0 Å². The van der Waals surface area contributed by atoms with Gasteiger partial charge in [-0.3, -0.25) is 0 Å². The van der Waals surface area contributed by atoms with Crippen LogP contribution in [0.25, 0.3) is 0 Å². The molecule has 2 heterocycles. The summed E-state index contributed by atoms with van der Waals surface area (Å²) in [6.07, 6.45) is 9.80. The minimum atomic E-state index is -1.42. The number of benzene rings is 1. The zero-order valence-corrected chi connectivity index (χ0v) is 33.4. The van der Waals surface area contributed by atoms with E-state index in [2.05, 4.69) is 18.0 Å². The lowest BCUT2D eigenvalue weighted by molar-refractivity contribution is -0.254. The fraction of sp³-hybridized carbons (Fsp3) is 0.690. The highest BCUT2D eigenvalue weighted by Crippen LogP contribution is 2.61. The van der Waals surface area contributed by atoms with Crippen molar-refractivity contribution in [2.24, 2.45) is 28.3 Å². The second-order valence-corrected chi connectivity index (χ2v) is 16.3. The summed E-state index contributed by atoms with van der Waals surface area (Å²) in [4.78, 5) is 34.3. The number of hydrogen-bond acceptors (Lipinski definition) is 11. The summed E-state index contributed by atoms with van der Waals surface area (Å²) >= 11 is 0. The summed E-state index contributed by atoms with van der Waals surface area (Å²) in [5, 5.41) is 27.2. The van der Waals surface area contributed by atoms with Crippen LogP contribution in [0, 0.1) is 23.2 Å². The zero-order chi connectivity index (χ0) is 39.6. The third-order valence-electron chi connectivity index (χ3n) is 11.0. The number of amides is 2. The third-order valence-corrected chi connectivity index (χ3v) is 11.0. The van der Waals surface area contributed by atoms with Crippen molar-refractivity contribution in [1.82, 2.24) is 10.2 Å². The number of likely N-dealkylation sites (N-methyl/N-ethyl adjacent to an activating group) is 1. The Bertz CT molecular complexity index is 1520. The van der Waals surface area contributed by atoms with Crippen LogP contribution in [0.2, 0.25) is 0 Å². The fourth-order valence-electron chi connectivity index (χ4n) is 8.50. The summed E-state index contributed by atoms with van der Waals surface area (Å²) in [5.74, 6) is -1.17. The van der Waals surface area contributed by atoms with E-state index in [4.69, 9.17) is 33.7 Å². The first kappa shape index (κ1) is 42.5. The molecule has 55 heavy (non-hydrogen) atoms. The van der Waals surface area contributed by atoms with E-state index in [1.54, 1.807) is 24.1 Å². The van der Waals surface area contributed by atoms with E-state index in [0.29, 0.717) is 43.2 Å². The van der Waals surface area contributed by atoms with Crippen LogP contribution in [0.1, 0.15) is 103 Å². The molecule has 4 aliphatic rings. The number of unbranched alkanes of at least 4 members (excludes halogenated alkanes) is 2. The second-order valence-electron chi connectivity index (χ2n) is 16.3. The molecule has 0 aromatic heterocycles. The fourth-order valence-corrected chi connectivity index (χ4v) is 8.50. The lowest BCUT2D eigenvalue weighted by Gasteiger charge is -2.59. The highest BCUT2D eigenvalue weighted by molar-refractivity contribution is 6.03. The van der Waals surface area contributed by atoms with Crippen LogP contribution in [-0.2, 0) is 19.0 Å². The number of rotatable bonds is 17. The number of nitrogens with one attached hydrogen (secondary N) is 1. The van der Waals surface area contributed by atoms with Gasteiger partial charge in [0.25, 0.3) is 0 Å². The van der Waals surface area contributed by atoms with Crippen molar-refractivity contribution in [3.63, 3.8) is 0 Å². The van der Waals surface area contributed by atoms with Gasteiger partial charge in [-0.25, -0.2) is 9.59 Å². The van der Waals surface area contributed by atoms with Gasteiger partial charge in [-0.1, -0.05) is 50.9 Å². The van der Waals surface area contributed by atoms with Gasteiger partial charge in [0.2, 0.25) is 12.1 Å². The average molecular weight is 770 g/mol. The lowest BCUT2D eigenvalue weighted by Crippen LogP contribution is -2.69. The number of nitrogens with zero attached hydrogens (tertiary/aromatic N) is 2. The van der Waals surface area contributed by atoms with Gasteiger partial charge >= 0.3 is 12.2 Å². The number of fused-ring (bicyclic) bond motifs is 2. The number of allylic oxidation sites excluding steroid dienone is 1. The topological polar surface area (TPSA) is 158 Å². The summed E-state index contributed by atoms with van der Waals surface area (Å²) in [7, 11) is 1.71. The van der Waals surface area contributed by atoms with Crippen LogP contribution < -0.4 is 14.8 Å². The van der Waals surface area contributed by atoms with E-state index in [0.717, 1.165) is 56.1 Å². The maximum Gasteiger partial charge on any atom is 0.412 e. The van der Waals surface area contributed by atoms with E-state index < -0.39 is 36.2 Å². The second kappa shape index (κ2) is 19.5. The number of carbonyl (C=O) groups excluding carboxylic acids is 2. The molecule has 2 aliphatic carbocycles. The number of carbonyl (C=O) groups is 2. The molecule has 0 bridgehead atoms. The van der Waals surface area contributed by atoms with Crippen molar-refractivity contribution in [3.8, 4) is 11.5 Å². The Morgan fingerprint density at radius 1 is 1.13 bits per heavy atom. The Morgan fingerprint density at radius 2 is 1.89 bits per heavy atom. The largest absolute Gasteiger partial charge is 0.459 e. The molecular formula is C42H63N3O10. The molecule has 2 amide bonds. The summed E-state index contributed by atoms with van der Waals surface area (Å²) in [5.41, 5.74) is 2.17. The lowest BCUT2D eigenvalue weighted by atomic mass is 9.55. The molecule has 2 aliphatic heterocycles. The minimum absolute atomic E-state index is 0.0220. The number of hydrogen-bond donors (Lipinski definition) is 3. The average Bonchev–Trinajstić information content (AvgIpc) is 3.16. The maximum atomic E-state index is 14.0. The number of aliphatic hydroxyl groups excluding tert-OH is 2. The van der Waals surface area contributed by atoms with E-state index >= 15 is 0 Å². The molecule has 1 aromatic rings. The van der Waals surface area contributed by atoms with Crippen molar-refractivity contribution in [2.45, 2.75) is 116 Å². The molecule has 1 saturated carbocycles. The molecule has 5 rings (SSSR count). The number of oxime groups is 1. The van der Waals surface area contributed by atoms with Crippen LogP contribution in [0.15, 0.2) is 47.7 Å². The predicted molar refractivity (Wildman–Crippen MR) is 208 cm³/mol. The Hall–Kier alpha value is -3.65. The quantitative estimate of drug-likeness (QED) is 0.0851. The molecule has 1 saturated heterocycles. The normalized spacial score (nSPS) is 27.8. The summed E-state index contributed by atoms with van der Waals surface area (Å²) in [6.45, 7) is 13.4. The molecule has 0 spiro atoms. The smallest absolute Gasteiger partial charge is 0.412 e. The monoisotopic (exact) mass is 769 g/mol. The van der Waals surface area contributed by atoms with Crippen molar-refractivity contribution < 1.29 is 48.3 Å². The van der Waals surface area contributed by atoms with Crippen LogP contribution in [0.5, 0.6) is 11.5 Å². The SMILES string of the molecule is C=CCO[C@@]12Oc3ccc(OC(=O)NCC)cc3[C@H]3[C@H](CCCCO)[C@@H](CCCCO)C=C(C(=NOC4CCCCO4)C[C@@H]1N(C)C(=O)OCC(C)(C)C)[C@H]32. The predicted octanol–water partition coefficient (Wildman–Crippen LogP) is 7.07. The molecule has 2 fully saturated rings. The van der Waals surface area contributed by atoms with Crippen molar-refractivity contribution in [2.75, 3.05) is 46.6 Å². The Kier molecular flexibility index (Phi) is 15.0. The van der Waals surface area contributed by atoms with Crippen LogP contribution >= 0.6 is 0 Å². The molecule has 7 atom stereocenters. The van der Waals surface area contributed by atoms with Crippen LogP contribution in [-0.4, -0.2) is 97.8 Å². The van der Waals surface area contributed by atoms with E-state index in [-0.39, 0.29) is 56.0 Å². The number of aliphatic hydroxyl groups is 2. The molecule has 13 heteroatoms. The highest BCUT2D eigenvalue weighted by Gasteiger charge is 2.65. The Labute approximate surface area is 326 Å². The van der Waals surface area contributed by atoms with Gasteiger partial charge in [0.05, 0.1) is 31.5 Å². The number of ether oxygens (including phenoxy) is 5. The van der Waals surface area contributed by atoms with Crippen molar-refractivity contribution >= 4 is 17.9 Å². The first-order valence-corrected chi connectivity index (χ1v) is 20.2. The highest BCUT2D eigenvalue weighted by atomic mass is 16.8. The first-order chi connectivity index (χ1) is 26.5. The van der Waals surface area contributed by atoms with Gasteiger partial charge in [-0.15, -0.1) is 6.58 Å². The van der Waals surface area contributed by atoms with Gasteiger partial charge in [0.1, 0.15) is 17.5 Å². The van der Waals surface area contributed by atoms with Gasteiger partial charge < -0.3 is 49.0 Å². The molecular weight excluding hydrogens is 706 g/mol. The van der Waals surface area contributed by atoms with Gasteiger partial charge in [0.15, 0.2) is 0 Å². The zero-order valence-electron chi connectivity index (χ0n) is 33.4. The molecule has 3 N–H and O–H groups in total. The first-order valence-electron chi connectivity index (χ1n) is 20.2. The Morgan fingerprint density at radius 3 is 2.56 bits per heavy atom. The summed E-state index contributed by atoms with van der Waals surface area (Å²) in [6, 6.07) is 4.68. The molecule has 1 unspecified atom stereocenters. The van der Waals surface area contributed by atoms with Crippen molar-refractivity contribution in [3.05, 3.63) is 48.1 Å². The van der Waals surface area contributed by atoms with E-state index in [9.17, 15) is 19.8 Å². The minimum Gasteiger partial charge on any atom is -0.459 e.